The molecule has 0 bridgehead atoms. The first-order chi connectivity index (χ1) is 8.72. The van der Waals surface area contributed by atoms with Gasteiger partial charge < -0.3 is 10.1 Å². The smallest absolute Gasteiger partial charge is 0.119 e. The lowest BCUT2D eigenvalue weighted by Gasteiger charge is -2.14. The third kappa shape index (κ3) is 3.09. The van der Waals surface area contributed by atoms with E-state index in [1.807, 2.05) is 26.1 Å². The summed E-state index contributed by atoms with van der Waals surface area (Å²) in [5, 5.41) is 6.55. The van der Waals surface area contributed by atoms with Crippen LogP contribution in [0.2, 0.25) is 0 Å². The molecule has 1 N–H and O–H groups in total. The topological polar surface area (TPSA) is 34.1 Å². The molecule has 0 radical (unpaired) electrons. The van der Waals surface area contributed by atoms with Crippen LogP contribution < -0.4 is 10.1 Å². The molecular formula is C14H18N2OS. The highest BCUT2D eigenvalue weighted by molar-refractivity contribution is 7.09. The number of nitrogens with zero attached hydrogens (tertiary/aromatic N) is 1. The Hall–Kier alpha value is -1.39. The maximum atomic E-state index is 5.25. The van der Waals surface area contributed by atoms with Gasteiger partial charge in [0.2, 0.25) is 0 Å². The van der Waals surface area contributed by atoms with Crippen LogP contribution in [0.1, 0.15) is 22.3 Å². The number of likely N-dealkylation sites (N-methyl/N-ethyl adjacent to an activating group) is 1. The summed E-state index contributed by atoms with van der Waals surface area (Å²) in [6.07, 6.45) is 0.914. The van der Waals surface area contributed by atoms with Crippen molar-refractivity contribution < 1.29 is 4.74 Å². The van der Waals surface area contributed by atoms with Crippen LogP contribution in [0.25, 0.3) is 0 Å². The Morgan fingerprint density at radius 3 is 2.89 bits per heavy atom. The van der Waals surface area contributed by atoms with E-state index < -0.39 is 0 Å². The fourth-order valence-corrected chi connectivity index (χ4v) is 2.60. The minimum atomic E-state index is 0.252. The van der Waals surface area contributed by atoms with Crippen LogP contribution in [0.4, 0.5) is 0 Å². The van der Waals surface area contributed by atoms with Crippen LogP contribution in [0.15, 0.2) is 29.6 Å². The normalized spacial score (nSPS) is 12.4. The van der Waals surface area contributed by atoms with Crippen molar-refractivity contribution >= 4 is 11.3 Å². The molecule has 0 saturated carbocycles. The number of aromatic nitrogens is 1. The number of rotatable bonds is 5. The molecule has 1 atom stereocenters. The molecule has 0 spiro atoms. The summed E-state index contributed by atoms with van der Waals surface area (Å²) in [4.78, 5) is 4.55. The van der Waals surface area contributed by atoms with Crippen molar-refractivity contribution in [2.24, 2.45) is 0 Å². The molecule has 1 unspecified atom stereocenters. The van der Waals surface area contributed by atoms with Gasteiger partial charge in [-0.2, -0.15) is 0 Å². The number of hydrogen-bond acceptors (Lipinski definition) is 4. The first kappa shape index (κ1) is 13.1. The Morgan fingerprint density at radius 2 is 2.28 bits per heavy atom. The molecule has 0 aliphatic heterocycles. The average molecular weight is 262 g/mol. The third-order valence-corrected chi connectivity index (χ3v) is 3.71. The molecule has 96 valence electrons. The van der Waals surface area contributed by atoms with Crippen molar-refractivity contribution in [3.63, 3.8) is 0 Å². The van der Waals surface area contributed by atoms with Gasteiger partial charge in [-0.05, 0) is 38.1 Å². The molecule has 18 heavy (non-hydrogen) atoms. The molecular weight excluding hydrogens is 244 g/mol. The Morgan fingerprint density at radius 1 is 1.44 bits per heavy atom. The first-order valence-corrected chi connectivity index (χ1v) is 6.83. The quantitative estimate of drug-likeness (QED) is 0.899. The van der Waals surface area contributed by atoms with Crippen LogP contribution in [0.3, 0.4) is 0 Å². The number of thiazole rings is 1. The van der Waals surface area contributed by atoms with Gasteiger partial charge in [-0.1, -0.05) is 12.1 Å². The standard InChI is InChI=1S/C14H18N2OS/c1-10-16-14(9-18-10)13(15-2)8-11-5-4-6-12(7-11)17-3/h4-7,9,13,15H,8H2,1-3H3. The highest BCUT2D eigenvalue weighted by atomic mass is 32.1. The first-order valence-electron chi connectivity index (χ1n) is 5.95. The molecule has 0 aliphatic rings. The average Bonchev–Trinajstić information content (AvgIpc) is 2.82. The SMILES string of the molecule is CNC(Cc1cccc(OC)c1)c1csc(C)n1. The summed E-state index contributed by atoms with van der Waals surface area (Å²) in [7, 11) is 3.66. The van der Waals surface area contributed by atoms with Crippen LogP contribution >= 0.6 is 11.3 Å². The highest BCUT2D eigenvalue weighted by Crippen LogP contribution is 2.22. The maximum absolute atomic E-state index is 5.25. The number of methoxy groups -OCH3 is 1. The summed E-state index contributed by atoms with van der Waals surface area (Å²) in [6, 6.07) is 8.43. The van der Waals surface area contributed by atoms with Gasteiger partial charge in [0.05, 0.1) is 23.9 Å². The summed E-state index contributed by atoms with van der Waals surface area (Å²) in [6.45, 7) is 2.03. The number of nitrogens with one attached hydrogen (secondary N) is 1. The largest absolute Gasteiger partial charge is 0.497 e. The van der Waals surface area contributed by atoms with Gasteiger partial charge in [-0.25, -0.2) is 4.98 Å². The molecule has 1 aromatic carbocycles. The Balaban J connectivity index is 2.14. The van der Waals surface area contributed by atoms with E-state index in [4.69, 9.17) is 4.74 Å². The van der Waals surface area contributed by atoms with Crippen molar-refractivity contribution in [3.8, 4) is 5.75 Å². The molecule has 3 nitrogen and oxygen atoms in total. The fraction of sp³-hybridized carbons (Fsp3) is 0.357. The van der Waals surface area contributed by atoms with Gasteiger partial charge in [-0.3, -0.25) is 0 Å². The molecule has 2 aromatic rings. The van der Waals surface area contributed by atoms with E-state index in [2.05, 4.69) is 27.8 Å². The zero-order chi connectivity index (χ0) is 13.0. The van der Waals surface area contributed by atoms with Crippen molar-refractivity contribution in [3.05, 3.63) is 45.9 Å². The molecule has 0 aliphatic carbocycles. The maximum Gasteiger partial charge on any atom is 0.119 e. The monoisotopic (exact) mass is 262 g/mol. The summed E-state index contributed by atoms with van der Waals surface area (Å²) >= 11 is 1.69. The van der Waals surface area contributed by atoms with Gasteiger partial charge in [0.1, 0.15) is 5.75 Å². The molecule has 0 amide bonds. The molecule has 0 saturated heterocycles. The van der Waals surface area contributed by atoms with Crippen LogP contribution in [0, 0.1) is 6.92 Å². The van der Waals surface area contributed by atoms with Crippen molar-refractivity contribution in [2.45, 2.75) is 19.4 Å². The van der Waals surface area contributed by atoms with Gasteiger partial charge in [0, 0.05) is 5.38 Å². The second-order valence-electron chi connectivity index (χ2n) is 4.19. The summed E-state index contributed by atoms with van der Waals surface area (Å²) in [5.41, 5.74) is 2.36. The van der Waals surface area contributed by atoms with E-state index in [9.17, 15) is 0 Å². The number of hydrogen-bond donors (Lipinski definition) is 1. The Bertz CT molecular complexity index is 510. The Labute approximate surface area is 112 Å². The predicted octanol–water partition coefficient (Wildman–Crippen LogP) is 2.96. The van der Waals surface area contributed by atoms with E-state index in [1.54, 1.807) is 18.4 Å². The number of benzene rings is 1. The van der Waals surface area contributed by atoms with E-state index in [-0.39, 0.29) is 6.04 Å². The molecule has 0 fully saturated rings. The Kier molecular flexibility index (Phi) is 4.33. The molecule has 4 heteroatoms. The lowest BCUT2D eigenvalue weighted by atomic mass is 10.0. The second-order valence-corrected chi connectivity index (χ2v) is 5.25. The van der Waals surface area contributed by atoms with E-state index in [0.717, 1.165) is 22.9 Å². The number of aryl methyl sites for hydroxylation is 1. The highest BCUT2D eigenvalue weighted by Gasteiger charge is 2.13. The third-order valence-electron chi connectivity index (χ3n) is 2.92. The van der Waals surface area contributed by atoms with Crippen LogP contribution in [0.5, 0.6) is 5.75 Å². The minimum absolute atomic E-state index is 0.252. The van der Waals surface area contributed by atoms with Crippen molar-refractivity contribution in [1.29, 1.82) is 0 Å². The lowest BCUT2D eigenvalue weighted by molar-refractivity contribution is 0.414. The number of ether oxygens (including phenoxy) is 1. The lowest BCUT2D eigenvalue weighted by Crippen LogP contribution is -2.19. The molecule has 1 aromatic heterocycles. The van der Waals surface area contributed by atoms with Gasteiger partial charge in [-0.15, -0.1) is 11.3 Å². The van der Waals surface area contributed by atoms with E-state index in [1.165, 1.54) is 5.56 Å². The van der Waals surface area contributed by atoms with Gasteiger partial charge in [0.25, 0.3) is 0 Å². The van der Waals surface area contributed by atoms with E-state index in [0.29, 0.717) is 0 Å². The minimum Gasteiger partial charge on any atom is -0.497 e. The van der Waals surface area contributed by atoms with Crippen molar-refractivity contribution in [1.82, 2.24) is 10.3 Å². The second kappa shape index (κ2) is 5.98. The van der Waals surface area contributed by atoms with Crippen molar-refractivity contribution in [2.75, 3.05) is 14.2 Å². The summed E-state index contributed by atoms with van der Waals surface area (Å²) in [5.74, 6) is 0.900. The zero-order valence-electron chi connectivity index (χ0n) is 10.9. The fourth-order valence-electron chi connectivity index (χ4n) is 1.93. The zero-order valence-corrected chi connectivity index (χ0v) is 11.8. The summed E-state index contributed by atoms with van der Waals surface area (Å²) < 4.78 is 5.25. The van der Waals surface area contributed by atoms with Crippen LogP contribution in [-0.2, 0) is 6.42 Å². The van der Waals surface area contributed by atoms with Crippen LogP contribution in [-0.4, -0.2) is 19.1 Å². The van der Waals surface area contributed by atoms with Gasteiger partial charge >= 0.3 is 0 Å². The van der Waals surface area contributed by atoms with E-state index >= 15 is 0 Å². The van der Waals surface area contributed by atoms with Gasteiger partial charge in [0.15, 0.2) is 0 Å². The molecule has 2 rings (SSSR count). The predicted molar refractivity (Wildman–Crippen MR) is 75.3 cm³/mol. The molecule has 1 heterocycles.